The maximum Gasteiger partial charge on any atom is 0.263 e. The van der Waals surface area contributed by atoms with Crippen LogP contribution in [0.2, 0.25) is 0 Å². The second-order valence-corrected chi connectivity index (χ2v) is 13.4. The fourth-order valence-corrected chi connectivity index (χ4v) is 6.56. The van der Waals surface area contributed by atoms with Crippen LogP contribution in [0.25, 0.3) is 22.3 Å². The van der Waals surface area contributed by atoms with Gasteiger partial charge in [-0.05, 0) is 76.7 Å². The topological polar surface area (TPSA) is 142 Å². The Balaban J connectivity index is 1.27. The van der Waals surface area contributed by atoms with E-state index in [-0.39, 0.29) is 15.6 Å². The van der Waals surface area contributed by atoms with E-state index in [1.807, 2.05) is 61.5 Å². The average molecular weight is 625 g/mol. The number of aryl methyl sites for hydroxylation is 1. The van der Waals surface area contributed by atoms with Gasteiger partial charge in [-0.3, -0.25) is 10.1 Å². The van der Waals surface area contributed by atoms with E-state index in [0.717, 1.165) is 39.9 Å². The van der Waals surface area contributed by atoms with Crippen molar-refractivity contribution in [3.05, 3.63) is 138 Å². The van der Waals surface area contributed by atoms with Crippen molar-refractivity contribution in [1.82, 2.24) is 4.72 Å². The number of rotatable bonds is 10. The quantitative estimate of drug-likeness (QED) is 0.109. The molecule has 0 amide bonds. The first-order valence-electron chi connectivity index (χ1n) is 13.9. The summed E-state index contributed by atoms with van der Waals surface area (Å²) in [5, 5.41) is 17.2. The first kappa shape index (κ1) is 30.7. The fourth-order valence-electron chi connectivity index (χ4n) is 4.80. The van der Waals surface area contributed by atoms with Crippen LogP contribution in [-0.4, -0.2) is 22.7 Å². The Morgan fingerprint density at radius 2 is 1.36 bits per heavy atom. The molecule has 0 fully saturated rings. The van der Waals surface area contributed by atoms with E-state index in [4.69, 9.17) is 10.5 Å². The van der Waals surface area contributed by atoms with E-state index < -0.39 is 20.0 Å². The lowest BCUT2D eigenvalue weighted by Crippen LogP contribution is -2.30. The van der Waals surface area contributed by atoms with E-state index in [9.17, 15) is 16.8 Å². The van der Waals surface area contributed by atoms with Gasteiger partial charge in [-0.1, -0.05) is 85.8 Å². The number of hydrogen-bond acceptors (Lipinski definition) is 6. The number of amidine groups is 1. The third-order valence-electron chi connectivity index (χ3n) is 7.18. The Morgan fingerprint density at radius 3 is 2.05 bits per heavy atom. The highest BCUT2D eigenvalue weighted by Crippen LogP contribution is 2.28. The second kappa shape index (κ2) is 12.8. The molecule has 5 N–H and O–H groups in total. The van der Waals surface area contributed by atoms with Crippen LogP contribution >= 0.6 is 0 Å². The van der Waals surface area contributed by atoms with Crippen molar-refractivity contribution >= 4 is 31.6 Å². The van der Waals surface area contributed by atoms with Gasteiger partial charge >= 0.3 is 0 Å². The average Bonchev–Trinajstić information content (AvgIpc) is 3.03. The van der Waals surface area contributed by atoms with Crippen LogP contribution < -0.4 is 15.2 Å². The molecule has 0 radical (unpaired) electrons. The van der Waals surface area contributed by atoms with Gasteiger partial charge in [-0.15, -0.1) is 0 Å². The minimum atomic E-state index is -3.89. The summed E-state index contributed by atoms with van der Waals surface area (Å²) in [6.45, 7) is 2.53. The monoisotopic (exact) mass is 624 g/mol. The number of nitrogens with two attached hydrogens (primary N) is 1. The molecule has 0 bridgehead atoms. The molecule has 0 aromatic heterocycles. The highest BCUT2D eigenvalue weighted by molar-refractivity contribution is 7.90. The number of benzene rings is 5. The Morgan fingerprint density at radius 1 is 0.705 bits per heavy atom. The molecule has 5 aromatic rings. The predicted molar refractivity (Wildman–Crippen MR) is 175 cm³/mol. The summed E-state index contributed by atoms with van der Waals surface area (Å²) < 4.78 is 52.1. The zero-order valence-electron chi connectivity index (χ0n) is 24.0. The molecular formula is C34H32N4O4S2. The summed E-state index contributed by atoms with van der Waals surface area (Å²) in [7, 11) is -7.75. The lowest BCUT2D eigenvalue weighted by Gasteiger charge is -2.12. The molecule has 0 saturated heterocycles. The SMILES string of the molecule is CCc1ccc(S(=O)(=O)NC(=N)c2cccc(-c3cccc(CNc4ccc(-c5ccccc5S(N)(=O)=O)cc4)c3)c2)cc1. The summed E-state index contributed by atoms with van der Waals surface area (Å²) in [4.78, 5) is 0.189. The molecule has 5 aromatic carbocycles. The molecule has 224 valence electrons. The summed E-state index contributed by atoms with van der Waals surface area (Å²) in [5.74, 6) is -0.209. The molecule has 0 heterocycles. The van der Waals surface area contributed by atoms with Crippen molar-refractivity contribution in [3.8, 4) is 22.3 Å². The molecule has 0 aliphatic heterocycles. The van der Waals surface area contributed by atoms with E-state index in [2.05, 4.69) is 10.0 Å². The normalized spacial score (nSPS) is 11.6. The van der Waals surface area contributed by atoms with Crippen LogP contribution in [0.5, 0.6) is 0 Å². The summed E-state index contributed by atoms with van der Waals surface area (Å²) >= 11 is 0. The molecule has 0 unspecified atom stereocenters. The largest absolute Gasteiger partial charge is 0.381 e. The van der Waals surface area contributed by atoms with Gasteiger partial charge in [0.15, 0.2) is 0 Å². The van der Waals surface area contributed by atoms with Crippen LogP contribution in [0.3, 0.4) is 0 Å². The Labute approximate surface area is 258 Å². The third-order valence-corrected chi connectivity index (χ3v) is 9.51. The first-order valence-corrected chi connectivity index (χ1v) is 16.9. The lowest BCUT2D eigenvalue weighted by atomic mass is 10.0. The Bertz CT molecular complexity index is 2030. The number of hydrogen-bond donors (Lipinski definition) is 4. The molecule has 44 heavy (non-hydrogen) atoms. The number of sulfonamides is 2. The fraction of sp³-hybridized carbons (Fsp3) is 0.0882. The van der Waals surface area contributed by atoms with Crippen molar-refractivity contribution in [1.29, 1.82) is 5.41 Å². The van der Waals surface area contributed by atoms with Crippen LogP contribution in [0, 0.1) is 5.41 Å². The van der Waals surface area contributed by atoms with Gasteiger partial charge in [0.25, 0.3) is 10.0 Å². The van der Waals surface area contributed by atoms with Crippen LogP contribution in [0.1, 0.15) is 23.6 Å². The van der Waals surface area contributed by atoms with Gasteiger partial charge in [0.1, 0.15) is 5.84 Å². The van der Waals surface area contributed by atoms with E-state index >= 15 is 0 Å². The van der Waals surface area contributed by atoms with Gasteiger partial charge in [-0.25, -0.2) is 22.0 Å². The lowest BCUT2D eigenvalue weighted by molar-refractivity contribution is 0.592. The minimum absolute atomic E-state index is 0.0795. The molecule has 8 nitrogen and oxygen atoms in total. The van der Waals surface area contributed by atoms with Gasteiger partial charge in [0.2, 0.25) is 10.0 Å². The Hall–Kier alpha value is -4.77. The van der Waals surface area contributed by atoms with Crippen molar-refractivity contribution < 1.29 is 16.8 Å². The molecule has 0 spiro atoms. The number of anilines is 1. The highest BCUT2D eigenvalue weighted by Gasteiger charge is 2.17. The predicted octanol–water partition coefficient (Wildman–Crippen LogP) is 6.15. The third kappa shape index (κ3) is 7.23. The van der Waals surface area contributed by atoms with Crippen molar-refractivity contribution in [2.45, 2.75) is 29.7 Å². The van der Waals surface area contributed by atoms with E-state index in [0.29, 0.717) is 17.7 Å². The van der Waals surface area contributed by atoms with Gasteiger partial charge in [0, 0.05) is 23.4 Å². The van der Waals surface area contributed by atoms with Crippen LogP contribution in [0.4, 0.5) is 5.69 Å². The zero-order valence-corrected chi connectivity index (χ0v) is 25.6. The molecule has 0 aliphatic rings. The van der Waals surface area contributed by atoms with Gasteiger partial charge in [0.05, 0.1) is 9.79 Å². The van der Waals surface area contributed by atoms with Gasteiger partial charge < -0.3 is 5.32 Å². The standard InChI is InChI=1S/C34H32N4O4S2/c1-2-24-13-19-31(20-14-24)44(41,42)38-34(35)29-10-6-9-28(22-29)27-8-5-7-25(21-27)23-37-30-17-15-26(16-18-30)32-11-3-4-12-33(32)43(36,39)40/h3-22,37H,2,23H2,1H3,(H2,35,38)(H2,36,39,40). The summed E-state index contributed by atoms with van der Waals surface area (Å²) in [5.41, 5.74) is 6.41. The first-order chi connectivity index (χ1) is 21.0. The van der Waals surface area contributed by atoms with Gasteiger partial charge in [-0.2, -0.15) is 0 Å². The minimum Gasteiger partial charge on any atom is -0.381 e. The van der Waals surface area contributed by atoms with E-state index in [1.165, 1.54) is 6.07 Å². The molecule has 0 saturated carbocycles. The van der Waals surface area contributed by atoms with Crippen LogP contribution in [0.15, 0.2) is 131 Å². The van der Waals surface area contributed by atoms with E-state index in [1.54, 1.807) is 60.7 Å². The highest BCUT2D eigenvalue weighted by atomic mass is 32.2. The van der Waals surface area contributed by atoms with Crippen molar-refractivity contribution in [2.24, 2.45) is 5.14 Å². The van der Waals surface area contributed by atoms with Crippen molar-refractivity contribution in [3.63, 3.8) is 0 Å². The zero-order chi connectivity index (χ0) is 31.3. The smallest absolute Gasteiger partial charge is 0.263 e. The number of primary sulfonamides is 1. The summed E-state index contributed by atoms with van der Waals surface area (Å²) in [6, 6.07) is 35.9. The van der Waals surface area contributed by atoms with Crippen molar-refractivity contribution in [2.75, 3.05) is 5.32 Å². The molecular weight excluding hydrogens is 593 g/mol. The molecule has 10 heteroatoms. The summed E-state index contributed by atoms with van der Waals surface area (Å²) in [6.07, 6.45) is 0.807. The Kier molecular flexibility index (Phi) is 8.96. The van der Waals surface area contributed by atoms with Crippen LogP contribution in [-0.2, 0) is 33.0 Å². The maximum absolute atomic E-state index is 12.9. The molecule has 5 rings (SSSR count). The molecule has 0 atom stereocenters. The number of nitrogens with one attached hydrogen (secondary N) is 3. The molecule has 0 aliphatic carbocycles. The second-order valence-electron chi connectivity index (χ2n) is 10.2. The maximum atomic E-state index is 12.9.